The number of rotatable bonds is 4. The van der Waals surface area contributed by atoms with Crippen molar-refractivity contribution in [2.75, 3.05) is 18.8 Å². The second-order valence-electron chi connectivity index (χ2n) is 6.60. The summed E-state index contributed by atoms with van der Waals surface area (Å²) in [5.41, 5.74) is 0.463. The molecule has 8 heteroatoms. The molecule has 1 aliphatic heterocycles. The molecule has 2 aromatic rings. The lowest BCUT2D eigenvalue weighted by atomic mass is 9.80. The molecule has 24 heavy (non-hydrogen) atoms. The van der Waals surface area contributed by atoms with E-state index in [2.05, 4.69) is 15.1 Å². The van der Waals surface area contributed by atoms with Crippen molar-refractivity contribution >= 4 is 10.0 Å². The standard InChI is InChI=1S/C16H20N4O3S/c1-2-24(21,22)20-10-13-6-3-7-16(13,11-20)15-18-14(19-23-15)12-5-4-8-17-9-12/h4-5,8-9,13H,2-3,6-7,10-11H2,1H3/t13-,16-/m1/s1. The molecule has 1 saturated heterocycles. The Morgan fingerprint density at radius 3 is 3.08 bits per heavy atom. The van der Waals surface area contributed by atoms with Gasteiger partial charge in [-0.2, -0.15) is 4.98 Å². The molecule has 0 aromatic carbocycles. The van der Waals surface area contributed by atoms with Gasteiger partial charge in [0, 0.05) is 31.0 Å². The van der Waals surface area contributed by atoms with Crippen LogP contribution in [0.1, 0.15) is 32.1 Å². The van der Waals surface area contributed by atoms with Crippen molar-refractivity contribution in [3.05, 3.63) is 30.4 Å². The number of fused-ring (bicyclic) bond motifs is 1. The Kier molecular flexibility index (Phi) is 3.69. The van der Waals surface area contributed by atoms with Crippen LogP contribution >= 0.6 is 0 Å². The van der Waals surface area contributed by atoms with E-state index in [1.54, 1.807) is 23.6 Å². The molecule has 0 amide bonds. The Labute approximate surface area is 141 Å². The first-order chi connectivity index (χ1) is 11.5. The minimum Gasteiger partial charge on any atom is -0.338 e. The van der Waals surface area contributed by atoms with E-state index in [1.165, 1.54) is 0 Å². The first kappa shape index (κ1) is 15.7. The summed E-state index contributed by atoms with van der Waals surface area (Å²) in [5, 5.41) is 4.10. The molecule has 2 aliphatic rings. The predicted octanol–water partition coefficient (Wildman–Crippen LogP) is 1.83. The van der Waals surface area contributed by atoms with Crippen molar-refractivity contribution in [2.45, 2.75) is 31.6 Å². The summed E-state index contributed by atoms with van der Waals surface area (Å²) < 4.78 is 31.8. The fraction of sp³-hybridized carbons (Fsp3) is 0.562. The van der Waals surface area contributed by atoms with Crippen molar-refractivity contribution < 1.29 is 12.9 Å². The summed E-state index contributed by atoms with van der Waals surface area (Å²) in [6.07, 6.45) is 6.35. The molecule has 1 aliphatic carbocycles. The normalized spacial score (nSPS) is 27.5. The van der Waals surface area contributed by atoms with Gasteiger partial charge in [-0.25, -0.2) is 12.7 Å². The third-order valence-corrected chi connectivity index (χ3v) is 7.16. The Bertz CT molecular complexity index is 836. The summed E-state index contributed by atoms with van der Waals surface area (Å²) in [5.74, 6) is 1.45. The number of hydrogen-bond donors (Lipinski definition) is 0. The van der Waals surface area contributed by atoms with Gasteiger partial charge in [-0.3, -0.25) is 4.98 Å². The lowest BCUT2D eigenvalue weighted by molar-refractivity contribution is 0.261. The fourth-order valence-corrected chi connectivity index (χ4v) is 5.22. The van der Waals surface area contributed by atoms with Crippen LogP contribution in [0.2, 0.25) is 0 Å². The Balaban J connectivity index is 1.69. The first-order valence-electron chi connectivity index (χ1n) is 8.27. The molecule has 7 nitrogen and oxygen atoms in total. The first-order valence-corrected chi connectivity index (χ1v) is 9.88. The number of pyridine rings is 1. The van der Waals surface area contributed by atoms with Crippen molar-refractivity contribution in [2.24, 2.45) is 5.92 Å². The zero-order chi connectivity index (χ0) is 16.8. The van der Waals surface area contributed by atoms with Gasteiger partial charge in [0.2, 0.25) is 21.7 Å². The molecule has 0 unspecified atom stereocenters. The van der Waals surface area contributed by atoms with E-state index < -0.39 is 10.0 Å². The van der Waals surface area contributed by atoms with E-state index in [1.807, 2.05) is 12.1 Å². The van der Waals surface area contributed by atoms with Crippen LogP contribution in [0, 0.1) is 5.92 Å². The second-order valence-corrected chi connectivity index (χ2v) is 8.86. The van der Waals surface area contributed by atoms with E-state index >= 15 is 0 Å². The molecular formula is C16H20N4O3S. The minimum absolute atomic E-state index is 0.126. The summed E-state index contributed by atoms with van der Waals surface area (Å²) in [6.45, 7) is 2.69. The number of sulfonamides is 1. The highest BCUT2D eigenvalue weighted by atomic mass is 32.2. The van der Waals surface area contributed by atoms with E-state index in [-0.39, 0.29) is 17.1 Å². The molecule has 2 atom stereocenters. The van der Waals surface area contributed by atoms with E-state index in [0.29, 0.717) is 24.8 Å². The van der Waals surface area contributed by atoms with E-state index in [9.17, 15) is 8.42 Å². The Morgan fingerprint density at radius 2 is 2.33 bits per heavy atom. The molecule has 0 N–H and O–H groups in total. The maximum Gasteiger partial charge on any atom is 0.234 e. The monoisotopic (exact) mass is 348 g/mol. The van der Waals surface area contributed by atoms with Crippen LogP contribution in [0.15, 0.2) is 29.0 Å². The molecule has 0 radical (unpaired) electrons. The molecule has 0 bridgehead atoms. The number of hydrogen-bond acceptors (Lipinski definition) is 6. The second kappa shape index (κ2) is 5.63. The van der Waals surface area contributed by atoms with Crippen LogP contribution < -0.4 is 0 Å². The zero-order valence-electron chi connectivity index (χ0n) is 13.6. The Morgan fingerprint density at radius 1 is 1.46 bits per heavy atom. The van der Waals surface area contributed by atoms with Crippen molar-refractivity contribution in [1.82, 2.24) is 19.4 Å². The average molecular weight is 348 g/mol. The van der Waals surface area contributed by atoms with Crippen LogP contribution in [0.4, 0.5) is 0 Å². The van der Waals surface area contributed by atoms with Gasteiger partial charge in [0.05, 0.1) is 11.2 Å². The van der Waals surface area contributed by atoms with Crippen LogP contribution in [0.5, 0.6) is 0 Å². The van der Waals surface area contributed by atoms with Gasteiger partial charge in [-0.15, -0.1) is 0 Å². The molecule has 0 spiro atoms. The highest BCUT2D eigenvalue weighted by Gasteiger charge is 2.56. The van der Waals surface area contributed by atoms with Crippen LogP contribution in [0.25, 0.3) is 11.4 Å². The lowest BCUT2D eigenvalue weighted by Crippen LogP contribution is -2.35. The van der Waals surface area contributed by atoms with E-state index in [0.717, 1.165) is 24.8 Å². The lowest BCUT2D eigenvalue weighted by Gasteiger charge is -2.24. The van der Waals surface area contributed by atoms with E-state index in [4.69, 9.17) is 4.52 Å². The highest BCUT2D eigenvalue weighted by molar-refractivity contribution is 7.89. The molecular weight excluding hydrogens is 328 g/mol. The zero-order valence-corrected chi connectivity index (χ0v) is 14.4. The third kappa shape index (κ3) is 2.36. The van der Waals surface area contributed by atoms with Crippen LogP contribution in [-0.2, 0) is 15.4 Å². The van der Waals surface area contributed by atoms with Gasteiger partial charge < -0.3 is 4.52 Å². The molecule has 3 heterocycles. The van der Waals surface area contributed by atoms with Gasteiger partial charge >= 0.3 is 0 Å². The molecule has 4 rings (SSSR count). The molecule has 1 saturated carbocycles. The smallest absolute Gasteiger partial charge is 0.234 e. The third-order valence-electron chi connectivity index (χ3n) is 5.37. The largest absolute Gasteiger partial charge is 0.338 e. The van der Waals surface area contributed by atoms with Gasteiger partial charge in [0.15, 0.2) is 0 Å². The summed E-state index contributed by atoms with van der Waals surface area (Å²) in [7, 11) is -3.20. The molecule has 2 fully saturated rings. The van der Waals surface area contributed by atoms with Crippen molar-refractivity contribution in [3.63, 3.8) is 0 Å². The van der Waals surface area contributed by atoms with Gasteiger partial charge in [0.25, 0.3) is 0 Å². The average Bonchev–Trinajstić information content (AvgIpc) is 3.29. The van der Waals surface area contributed by atoms with Gasteiger partial charge in [-0.05, 0) is 37.8 Å². The Hall–Kier alpha value is -1.80. The summed E-state index contributed by atoms with van der Waals surface area (Å²) >= 11 is 0. The van der Waals surface area contributed by atoms with Crippen molar-refractivity contribution in [1.29, 1.82) is 0 Å². The topological polar surface area (TPSA) is 89.2 Å². The summed E-state index contributed by atoms with van der Waals surface area (Å²) in [4.78, 5) is 8.68. The number of nitrogens with zero attached hydrogens (tertiary/aromatic N) is 4. The van der Waals surface area contributed by atoms with Gasteiger partial charge in [-0.1, -0.05) is 11.6 Å². The fourth-order valence-electron chi connectivity index (χ4n) is 4.03. The van der Waals surface area contributed by atoms with Gasteiger partial charge in [0.1, 0.15) is 0 Å². The van der Waals surface area contributed by atoms with Crippen LogP contribution in [0.3, 0.4) is 0 Å². The van der Waals surface area contributed by atoms with Crippen molar-refractivity contribution in [3.8, 4) is 11.4 Å². The SMILES string of the molecule is CCS(=O)(=O)N1C[C@H]2CCC[C@@]2(c2nc(-c3cccnc3)no2)C1. The predicted molar refractivity (Wildman–Crippen MR) is 87.6 cm³/mol. The quantitative estimate of drug-likeness (QED) is 0.837. The maximum absolute atomic E-state index is 12.3. The molecule has 128 valence electrons. The minimum atomic E-state index is -3.20. The highest BCUT2D eigenvalue weighted by Crippen LogP contribution is 2.50. The summed E-state index contributed by atoms with van der Waals surface area (Å²) in [6, 6.07) is 3.71. The van der Waals surface area contributed by atoms with Crippen LogP contribution in [-0.4, -0.2) is 46.7 Å². The number of aromatic nitrogens is 3. The maximum atomic E-state index is 12.3. The molecule has 2 aromatic heterocycles.